The van der Waals surface area contributed by atoms with Gasteiger partial charge in [-0.2, -0.15) is 0 Å². The van der Waals surface area contributed by atoms with Crippen molar-refractivity contribution in [2.75, 3.05) is 4.90 Å². The highest BCUT2D eigenvalue weighted by atomic mass is 15.1. The van der Waals surface area contributed by atoms with Gasteiger partial charge in [0.25, 0.3) is 0 Å². The van der Waals surface area contributed by atoms with Crippen LogP contribution in [0.15, 0.2) is 158 Å². The van der Waals surface area contributed by atoms with Crippen molar-refractivity contribution < 1.29 is 4.11 Å². The maximum Gasteiger partial charge on any atom is 0.0621 e. The Balaban J connectivity index is 1.41. The number of rotatable bonds is 7. The van der Waals surface area contributed by atoms with E-state index >= 15 is 0 Å². The molecular weight excluding hydrogens is 567 g/mol. The van der Waals surface area contributed by atoms with Crippen LogP contribution >= 0.6 is 0 Å². The zero-order chi connectivity index (χ0) is 34.5. The first kappa shape index (κ1) is 25.8. The van der Waals surface area contributed by atoms with E-state index in [9.17, 15) is 0 Å². The van der Waals surface area contributed by atoms with Crippen LogP contribution < -0.4 is 4.90 Å². The molecular formula is C46H39N. The molecule has 0 atom stereocenters. The lowest BCUT2D eigenvalue weighted by atomic mass is 9.73. The van der Waals surface area contributed by atoms with Gasteiger partial charge in [0.1, 0.15) is 0 Å². The Morgan fingerprint density at radius 1 is 0.532 bits per heavy atom. The average Bonchev–Trinajstić information content (AvgIpc) is 3.44. The Labute approximate surface area is 283 Å². The van der Waals surface area contributed by atoms with Crippen molar-refractivity contribution in [1.82, 2.24) is 0 Å². The van der Waals surface area contributed by atoms with E-state index in [2.05, 4.69) is 146 Å². The Hall–Kier alpha value is -5.40. The van der Waals surface area contributed by atoms with Gasteiger partial charge in [-0.25, -0.2) is 0 Å². The van der Waals surface area contributed by atoms with Crippen molar-refractivity contribution in [2.45, 2.75) is 39.0 Å². The summed E-state index contributed by atoms with van der Waals surface area (Å²) < 4.78 is 24.9. The topological polar surface area (TPSA) is 3.24 Å². The number of benzene rings is 7. The first-order valence-corrected chi connectivity index (χ1v) is 16.7. The minimum atomic E-state index is -2.24. The summed E-state index contributed by atoms with van der Waals surface area (Å²) >= 11 is 0. The molecule has 7 aromatic carbocycles. The van der Waals surface area contributed by atoms with Gasteiger partial charge in [0.2, 0.25) is 0 Å². The van der Waals surface area contributed by atoms with Gasteiger partial charge in [-0.3, -0.25) is 0 Å². The maximum absolute atomic E-state index is 8.30. The molecule has 0 saturated heterocycles. The molecule has 0 amide bonds. The van der Waals surface area contributed by atoms with Crippen LogP contribution in [0.5, 0.6) is 0 Å². The maximum atomic E-state index is 8.30. The van der Waals surface area contributed by atoms with Crippen molar-refractivity contribution in [3.63, 3.8) is 0 Å². The monoisotopic (exact) mass is 608 g/mol. The normalized spacial score (nSPS) is 14.1. The molecule has 1 aliphatic carbocycles. The van der Waals surface area contributed by atoms with Crippen molar-refractivity contribution in [2.24, 2.45) is 0 Å². The van der Waals surface area contributed by atoms with E-state index in [0.29, 0.717) is 5.56 Å². The predicted octanol–water partition coefficient (Wildman–Crippen LogP) is 13.0. The third-order valence-electron chi connectivity index (χ3n) is 10.2. The second-order valence-corrected chi connectivity index (χ2v) is 12.5. The van der Waals surface area contributed by atoms with E-state index in [4.69, 9.17) is 4.11 Å². The Kier molecular flexibility index (Phi) is 6.44. The molecule has 0 aliphatic heterocycles. The largest absolute Gasteiger partial charge is 0.309 e. The molecule has 1 nitrogen and oxygen atoms in total. The molecule has 1 heteroatoms. The van der Waals surface area contributed by atoms with E-state index in [1.807, 2.05) is 24.3 Å². The second-order valence-electron chi connectivity index (χ2n) is 12.5. The van der Waals surface area contributed by atoms with Crippen molar-refractivity contribution >= 4 is 27.8 Å². The molecule has 0 bridgehead atoms. The summed E-state index contributed by atoms with van der Waals surface area (Å²) in [5.74, 6) is 0. The molecule has 0 aromatic heterocycles. The van der Waals surface area contributed by atoms with Crippen molar-refractivity contribution in [3.05, 3.63) is 174 Å². The summed E-state index contributed by atoms with van der Waals surface area (Å²) in [6, 6.07) is 55.1. The molecule has 0 heterocycles. The highest BCUT2D eigenvalue weighted by Gasteiger charge is 2.43. The lowest BCUT2D eigenvalue weighted by molar-refractivity contribution is 0.491. The summed E-state index contributed by atoms with van der Waals surface area (Å²) in [6.45, 7) is 2.36. The summed E-state index contributed by atoms with van der Waals surface area (Å²) in [7, 11) is 0. The number of aryl methyl sites for hydroxylation is 1. The van der Waals surface area contributed by atoms with Crippen molar-refractivity contribution in [3.8, 4) is 33.4 Å². The third-order valence-corrected chi connectivity index (χ3v) is 10.2. The molecule has 1 aliphatic rings. The molecule has 8 rings (SSSR count). The number of nitrogens with zero attached hydrogens (tertiary/aromatic N) is 1. The fraction of sp³-hybridized carbons (Fsp3) is 0.130. The predicted molar refractivity (Wildman–Crippen MR) is 201 cm³/mol. The van der Waals surface area contributed by atoms with Gasteiger partial charge in [0.15, 0.2) is 0 Å². The lowest BCUT2D eigenvalue weighted by Gasteiger charge is -2.32. The van der Waals surface area contributed by atoms with E-state index in [-0.39, 0.29) is 5.41 Å². The summed E-state index contributed by atoms with van der Waals surface area (Å²) in [6.07, 6.45) is 1.96. The molecule has 0 fully saturated rings. The lowest BCUT2D eigenvalue weighted by Crippen LogP contribution is -2.23. The first-order valence-electron chi connectivity index (χ1n) is 18.2. The standard InChI is InChI=1S/C46H39N/c1-4-46(5-2)42-25-14-13-24-41(42)44-43(46)31-35-19-9-10-23-40(35)45(44)47(37-20-15-16-32(3)30-37)36-28-26-34(27-29-36)39-22-12-11-21-38(39)33-17-7-6-8-18-33/h6-31H,4-5H2,1-3H3/i3D3. The van der Waals surface area contributed by atoms with Crippen LogP contribution in [0.3, 0.4) is 0 Å². The van der Waals surface area contributed by atoms with Crippen LogP contribution in [0.1, 0.15) is 47.5 Å². The molecule has 228 valence electrons. The van der Waals surface area contributed by atoms with Crippen LogP contribution in [-0.4, -0.2) is 0 Å². The molecule has 0 N–H and O–H groups in total. The van der Waals surface area contributed by atoms with Gasteiger partial charge in [0.05, 0.1) is 5.69 Å². The Morgan fingerprint density at radius 3 is 1.89 bits per heavy atom. The highest BCUT2D eigenvalue weighted by Crippen LogP contribution is 2.59. The average molecular weight is 609 g/mol. The highest BCUT2D eigenvalue weighted by molar-refractivity contribution is 6.10. The summed E-state index contributed by atoms with van der Waals surface area (Å²) in [5, 5.41) is 2.30. The molecule has 0 spiro atoms. The number of hydrogen-bond donors (Lipinski definition) is 0. The zero-order valence-corrected chi connectivity index (χ0v) is 26.9. The van der Waals surface area contributed by atoms with Crippen LogP contribution in [-0.2, 0) is 5.41 Å². The van der Waals surface area contributed by atoms with Crippen LogP contribution in [0.2, 0.25) is 0 Å². The Bertz CT molecular complexity index is 2330. The van der Waals surface area contributed by atoms with E-state index in [1.165, 1.54) is 38.8 Å². The van der Waals surface area contributed by atoms with E-state index in [1.54, 1.807) is 6.07 Å². The van der Waals surface area contributed by atoms with Gasteiger partial charge >= 0.3 is 0 Å². The molecule has 0 saturated carbocycles. The van der Waals surface area contributed by atoms with E-state index < -0.39 is 6.85 Å². The fourth-order valence-corrected chi connectivity index (χ4v) is 7.93. The van der Waals surface area contributed by atoms with Gasteiger partial charge in [-0.05, 0) is 99.9 Å². The third kappa shape index (κ3) is 4.69. The molecule has 47 heavy (non-hydrogen) atoms. The number of fused-ring (bicyclic) bond motifs is 4. The van der Waals surface area contributed by atoms with Crippen LogP contribution in [0, 0.1) is 6.85 Å². The fourth-order valence-electron chi connectivity index (χ4n) is 7.93. The summed E-state index contributed by atoms with van der Waals surface area (Å²) in [4.78, 5) is 2.29. The number of anilines is 3. The quantitative estimate of drug-likeness (QED) is 0.174. The zero-order valence-electron chi connectivity index (χ0n) is 29.9. The van der Waals surface area contributed by atoms with Gasteiger partial charge in [-0.1, -0.05) is 141 Å². The minimum Gasteiger partial charge on any atom is -0.309 e. The SMILES string of the molecule is [2H]C([2H])([2H])c1cccc(N(c2ccc(-c3ccccc3-c3ccccc3)cc2)c2c3c(cc4ccccc24)C(CC)(CC)c2ccccc2-3)c1. The molecule has 0 unspecified atom stereocenters. The van der Waals surface area contributed by atoms with E-state index in [0.717, 1.165) is 46.4 Å². The smallest absolute Gasteiger partial charge is 0.0621 e. The van der Waals surface area contributed by atoms with Gasteiger partial charge in [-0.15, -0.1) is 0 Å². The van der Waals surface area contributed by atoms with Gasteiger partial charge in [0, 0.05) is 31.9 Å². The van der Waals surface area contributed by atoms with Crippen LogP contribution in [0.4, 0.5) is 17.1 Å². The molecule has 0 radical (unpaired) electrons. The van der Waals surface area contributed by atoms with Gasteiger partial charge < -0.3 is 4.90 Å². The van der Waals surface area contributed by atoms with Crippen LogP contribution in [0.25, 0.3) is 44.2 Å². The second kappa shape index (κ2) is 11.8. The first-order chi connectivity index (χ1) is 24.3. The summed E-state index contributed by atoms with van der Waals surface area (Å²) in [5.41, 5.74) is 12.9. The number of hydrogen-bond acceptors (Lipinski definition) is 1. The minimum absolute atomic E-state index is 0.123. The molecule has 7 aromatic rings. The Morgan fingerprint density at radius 2 is 1.17 bits per heavy atom. The van der Waals surface area contributed by atoms with Crippen molar-refractivity contribution in [1.29, 1.82) is 0 Å².